The molecule has 0 radical (unpaired) electrons. The Balaban J connectivity index is 1.49. The van der Waals surface area contributed by atoms with E-state index in [9.17, 15) is 4.79 Å². The van der Waals surface area contributed by atoms with Crippen molar-refractivity contribution in [1.82, 2.24) is 10.2 Å². The number of amides is 1. The molecule has 2 aromatic carbocycles. The Morgan fingerprint density at radius 2 is 1.72 bits per heavy atom. The van der Waals surface area contributed by atoms with Gasteiger partial charge in [-0.2, -0.15) is 0 Å². The van der Waals surface area contributed by atoms with E-state index in [4.69, 9.17) is 16.3 Å². The van der Waals surface area contributed by atoms with Crippen LogP contribution in [0.4, 0.5) is 0 Å². The van der Waals surface area contributed by atoms with Gasteiger partial charge in [-0.05, 0) is 61.3 Å². The Bertz CT molecular complexity index is 697. The molecule has 0 bridgehead atoms. The summed E-state index contributed by atoms with van der Waals surface area (Å²) >= 11 is 5.83. The molecule has 1 N–H and O–H groups in total. The van der Waals surface area contributed by atoms with Gasteiger partial charge in [-0.3, -0.25) is 9.69 Å². The van der Waals surface area contributed by atoms with E-state index in [2.05, 4.69) is 28.4 Å². The van der Waals surface area contributed by atoms with Gasteiger partial charge in [0.1, 0.15) is 5.75 Å². The van der Waals surface area contributed by atoms with Gasteiger partial charge in [-0.25, -0.2) is 0 Å². The third kappa shape index (κ3) is 5.48. The summed E-state index contributed by atoms with van der Waals surface area (Å²) in [6.45, 7) is 3.79. The fourth-order valence-corrected chi connectivity index (χ4v) is 3.12. The van der Waals surface area contributed by atoms with E-state index >= 15 is 0 Å². The quantitative estimate of drug-likeness (QED) is 0.821. The zero-order valence-electron chi connectivity index (χ0n) is 14.2. The maximum Gasteiger partial charge on any atom is 0.258 e. The van der Waals surface area contributed by atoms with Crippen LogP contribution in [-0.2, 0) is 17.9 Å². The van der Waals surface area contributed by atoms with Crippen molar-refractivity contribution in [3.8, 4) is 5.75 Å². The highest BCUT2D eigenvalue weighted by atomic mass is 35.5. The third-order valence-corrected chi connectivity index (χ3v) is 4.62. The van der Waals surface area contributed by atoms with Gasteiger partial charge >= 0.3 is 0 Å². The Labute approximate surface area is 153 Å². The van der Waals surface area contributed by atoms with Gasteiger partial charge < -0.3 is 10.1 Å². The Hall–Kier alpha value is -2.04. The number of benzene rings is 2. The Morgan fingerprint density at radius 1 is 1.04 bits per heavy atom. The molecule has 1 aliphatic rings. The summed E-state index contributed by atoms with van der Waals surface area (Å²) < 4.78 is 5.47. The number of carbonyl (C=O) groups is 1. The average Bonchev–Trinajstić information content (AvgIpc) is 3.13. The average molecular weight is 359 g/mol. The minimum Gasteiger partial charge on any atom is -0.484 e. The first kappa shape index (κ1) is 17.8. The van der Waals surface area contributed by atoms with Crippen molar-refractivity contribution in [3.05, 3.63) is 64.7 Å². The first-order valence-electron chi connectivity index (χ1n) is 8.65. The van der Waals surface area contributed by atoms with E-state index in [1.807, 2.05) is 6.07 Å². The lowest BCUT2D eigenvalue weighted by Gasteiger charge is -2.17. The van der Waals surface area contributed by atoms with Crippen molar-refractivity contribution >= 4 is 17.5 Å². The lowest BCUT2D eigenvalue weighted by atomic mass is 10.1. The Morgan fingerprint density at radius 3 is 2.44 bits per heavy atom. The Kier molecular flexibility index (Phi) is 6.31. The molecule has 1 amide bonds. The van der Waals surface area contributed by atoms with Crippen molar-refractivity contribution in [2.75, 3.05) is 19.7 Å². The monoisotopic (exact) mass is 358 g/mol. The van der Waals surface area contributed by atoms with Crippen molar-refractivity contribution in [2.45, 2.75) is 25.9 Å². The molecule has 5 heteroatoms. The molecule has 0 spiro atoms. The zero-order valence-corrected chi connectivity index (χ0v) is 15.0. The summed E-state index contributed by atoms with van der Waals surface area (Å²) in [6, 6.07) is 15.3. The van der Waals surface area contributed by atoms with E-state index in [1.54, 1.807) is 24.3 Å². The molecule has 1 saturated heterocycles. The number of nitrogens with zero attached hydrogens (tertiary/aromatic N) is 1. The number of ether oxygens (including phenoxy) is 1. The molecule has 0 unspecified atom stereocenters. The molecule has 4 nitrogen and oxygen atoms in total. The van der Waals surface area contributed by atoms with Crippen LogP contribution in [0.5, 0.6) is 5.75 Å². The van der Waals surface area contributed by atoms with E-state index in [1.165, 1.54) is 18.4 Å². The first-order valence-corrected chi connectivity index (χ1v) is 9.03. The molecule has 0 aliphatic carbocycles. The maximum absolute atomic E-state index is 12.0. The van der Waals surface area contributed by atoms with Crippen LogP contribution in [0.1, 0.15) is 24.0 Å². The molecule has 25 heavy (non-hydrogen) atoms. The van der Waals surface area contributed by atoms with Crippen LogP contribution < -0.4 is 10.1 Å². The number of carbonyl (C=O) groups excluding carboxylic acids is 1. The van der Waals surface area contributed by atoms with E-state index in [-0.39, 0.29) is 12.5 Å². The smallest absolute Gasteiger partial charge is 0.258 e. The number of hydrogen-bond acceptors (Lipinski definition) is 3. The van der Waals surface area contributed by atoms with Crippen molar-refractivity contribution in [2.24, 2.45) is 0 Å². The van der Waals surface area contributed by atoms with E-state index in [0.29, 0.717) is 17.3 Å². The molecule has 0 saturated carbocycles. The van der Waals surface area contributed by atoms with Crippen LogP contribution in [0.2, 0.25) is 5.02 Å². The first-order chi connectivity index (χ1) is 12.2. The molecule has 1 aliphatic heterocycles. The highest BCUT2D eigenvalue weighted by Gasteiger charge is 2.13. The van der Waals surface area contributed by atoms with Gasteiger partial charge in [0.05, 0.1) is 0 Å². The number of nitrogens with one attached hydrogen (secondary N) is 1. The van der Waals surface area contributed by atoms with Gasteiger partial charge in [0, 0.05) is 18.1 Å². The molecular weight excluding hydrogens is 336 g/mol. The van der Waals surface area contributed by atoms with Gasteiger partial charge in [-0.1, -0.05) is 35.9 Å². The van der Waals surface area contributed by atoms with Crippen LogP contribution in [-0.4, -0.2) is 30.5 Å². The minimum atomic E-state index is -0.133. The third-order valence-electron chi connectivity index (χ3n) is 4.37. The van der Waals surface area contributed by atoms with Crippen molar-refractivity contribution in [3.63, 3.8) is 0 Å². The molecular formula is C20H23ClN2O2. The minimum absolute atomic E-state index is 0.00404. The predicted molar refractivity (Wildman–Crippen MR) is 99.7 cm³/mol. The molecule has 0 aromatic heterocycles. The van der Waals surface area contributed by atoms with Gasteiger partial charge in [0.15, 0.2) is 6.61 Å². The zero-order chi connectivity index (χ0) is 17.5. The number of likely N-dealkylation sites (tertiary alicyclic amines) is 1. The van der Waals surface area contributed by atoms with Gasteiger partial charge in [-0.15, -0.1) is 0 Å². The molecule has 0 atom stereocenters. The highest BCUT2D eigenvalue weighted by molar-refractivity contribution is 6.30. The second-order valence-corrected chi connectivity index (χ2v) is 6.71. The normalized spacial score (nSPS) is 14.4. The second kappa shape index (κ2) is 8.88. The fraction of sp³-hybridized carbons (Fsp3) is 0.350. The highest BCUT2D eigenvalue weighted by Crippen LogP contribution is 2.17. The van der Waals surface area contributed by atoms with Crippen molar-refractivity contribution < 1.29 is 9.53 Å². The molecule has 3 rings (SSSR count). The van der Waals surface area contributed by atoms with Crippen molar-refractivity contribution in [1.29, 1.82) is 0 Å². The fourth-order valence-electron chi connectivity index (χ4n) is 2.99. The lowest BCUT2D eigenvalue weighted by Crippen LogP contribution is -2.29. The van der Waals surface area contributed by atoms with Crippen LogP contribution >= 0.6 is 11.6 Å². The van der Waals surface area contributed by atoms with Crippen LogP contribution in [0.3, 0.4) is 0 Å². The summed E-state index contributed by atoms with van der Waals surface area (Å²) in [5.41, 5.74) is 2.44. The van der Waals surface area contributed by atoms with Crippen LogP contribution in [0.15, 0.2) is 48.5 Å². The molecule has 1 heterocycles. The summed E-state index contributed by atoms with van der Waals surface area (Å²) in [7, 11) is 0. The number of hydrogen-bond donors (Lipinski definition) is 1. The van der Waals surface area contributed by atoms with E-state index in [0.717, 1.165) is 25.2 Å². The predicted octanol–water partition coefficient (Wildman–Crippen LogP) is 3.63. The lowest BCUT2D eigenvalue weighted by molar-refractivity contribution is -0.123. The topological polar surface area (TPSA) is 41.6 Å². The second-order valence-electron chi connectivity index (χ2n) is 6.27. The molecule has 1 fully saturated rings. The van der Waals surface area contributed by atoms with Crippen LogP contribution in [0.25, 0.3) is 0 Å². The summed E-state index contributed by atoms with van der Waals surface area (Å²) in [6.07, 6.45) is 2.56. The molecule has 132 valence electrons. The number of rotatable bonds is 7. The van der Waals surface area contributed by atoms with Gasteiger partial charge in [0.25, 0.3) is 5.91 Å². The van der Waals surface area contributed by atoms with Crippen LogP contribution in [0, 0.1) is 0 Å². The summed E-state index contributed by atoms with van der Waals surface area (Å²) in [5.74, 6) is 0.500. The van der Waals surface area contributed by atoms with E-state index < -0.39 is 0 Å². The molecule has 2 aromatic rings. The summed E-state index contributed by atoms with van der Waals surface area (Å²) in [4.78, 5) is 14.5. The largest absolute Gasteiger partial charge is 0.484 e. The summed E-state index contributed by atoms with van der Waals surface area (Å²) in [5, 5.41) is 3.58. The standard InChI is InChI=1S/C20H23ClN2O2/c21-18-7-9-19(10-8-18)25-15-20(24)22-13-16-5-1-2-6-17(16)14-23-11-3-4-12-23/h1-2,5-10H,3-4,11-15H2,(H,22,24). The van der Waals surface area contributed by atoms with Gasteiger partial charge in [0.2, 0.25) is 0 Å². The number of halogens is 1. The maximum atomic E-state index is 12.0. The SMILES string of the molecule is O=C(COc1ccc(Cl)cc1)NCc1ccccc1CN1CCCC1.